The van der Waals surface area contributed by atoms with Crippen molar-refractivity contribution in [1.29, 1.82) is 0 Å². The Kier molecular flexibility index (Phi) is 5.94. The molecule has 1 aromatic heterocycles. The summed E-state index contributed by atoms with van der Waals surface area (Å²) in [6.07, 6.45) is 5.25. The zero-order valence-electron chi connectivity index (χ0n) is 15.1. The number of methoxy groups -OCH3 is 1. The number of nitrogens with zero attached hydrogens (tertiary/aromatic N) is 2. The van der Waals surface area contributed by atoms with Crippen molar-refractivity contribution >= 4 is 11.8 Å². The third kappa shape index (κ3) is 4.65. The molecule has 0 unspecified atom stereocenters. The Morgan fingerprint density at radius 2 is 1.77 bits per heavy atom. The summed E-state index contributed by atoms with van der Waals surface area (Å²) in [5.41, 5.74) is 2.09. The second kappa shape index (κ2) is 8.56. The summed E-state index contributed by atoms with van der Waals surface area (Å²) in [7, 11) is 1.64. The Labute approximate surface area is 153 Å². The molecule has 26 heavy (non-hydrogen) atoms. The Morgan fingerprint density at radius 1 is 1.04 bits per heavy atom. The van der Waals surface area contributed by atoms with E-state index >= 15 is 0 Å². The van der Waals surface area contributed by atoms with Gasteiger partial charge in [0.1, 0.15) is 5.75 Å². The third-order valence-electron chi connectivity index (χ3n) is 4.76. The van der Waals surface area contributed by atoms with Crippen molar-refractivity contribution in [2.24, 2.45) is 0 Å². The topological polar surface area (TPSA) is 65.6 Å². The van der Waals surface area contributed by atoms with Crippen molar-refractivity contribution in [2.45, 2.75) is 19.3 Å². The highest BCUT2D eigenvalue weighted by molar-refractivity contribution is 5.80. The zero-order chi connectivity index (χ0) is 18.4. The van der Waals surface area contributed by atoms with Gasteiger partial charge >= 0.3 is 0 Å². The van der Waals surface area contributed by atoms with Crippen molar-refractivity contribution in [2.75, 3.05) is 33.3 Å². The SMILES string of the molecule is COc1cccc(CCC(=O)N2CCN(C(=O)Cc3cc[nH]c3)CC2)c1. The molecule has 2 heterocycles. The highest BCUT2D eigenvalue weighted by Gasteiger charge is 2.23. The van der Waals surface area contributed by atoms with Gasteiger partial charge < -0.3 is 19.5 Å². The van der Waals surface area contributed by atoms with Gasteiger partial charge in [-0.2, -0.15) is 0 Å². The average molecular weight is 355 g/mol. The lowest BCUT2D eigenvalue weighted by Crippen LogP contribution is -2.51. The standard InChI is InChI=1S/C20H25N3O3/c1-26-18-4-2-3-16(13-18)5-6-19(24)22-9-11-23(12-10-22)20(25)14-17-7-8-21-15-17/h2-4,7-8,13,15,21H,5-6,9-12,14H2,1H3. The molecule has 0 aliphatic carbocycles. The molecule has 1 fully saturated rings. The minimum absolute atomic E-state index is 0.119. The maximum Gasteiger partial charge on any atom is 0.227 e. The number of carbonyl (C=O) groups excluding carboxylic acids is 2. The minimum Gasteiger partial charge on any atom is -0.497 e. The molecule has 0 saturated carbocycles. The van der Waals surface area contributed by atoms with Crippen molar-refractivity contribution in [3.05, 3.63) is 53.9 Å². The molecule has 2 aromatic rings. The maximum absolute atomic E-state index is 12.4. The first-order chi connectivity index (χ1) is 12.7. The lowest BCUT2D eigenvalue weighted by molar-refractivity contribution is -0.139. The Bertz CT molecular complexity index is 735. The molecule has 2 amide bonds. The number of aromatic nitrogens is 1. The van der Waals surface area contributed by atoms with Crippen LogP contribution in [0, 0.1) is 0 Å². The molecular weight excluding hydrogens is 330 g/mol. The lowest BCUT2D eigenvalue weighted by atomic mass is 10.1. The second-order valence-corrected chi connectivity index (χ2v) is 6.51. The highest BCUT2D eigenvalue weighted by atomic mass is 16.5. The molecule has 6 nitrogen and oxygen atoms in total. The Balaban J connectivity index is 1.43. The first-order valence-electron chi connectivity index (χ1n) is 8.96. The van der Waals surface area contributed by atoms with Crippen LogP contribution in [0.4, 0.5) is 0 Å². The van der Waals surface area contributed by atoms with Gasteiger partial charge in [0.05, 0.1) is 13.5 Å². The van der Waals surface area contributed by atoms with Gasteiger partial charge in [-0.15, -0.1) is 0 Å². The fraction of sp³-hybridized carbons (Fsp3) is 0.400. The van der Waals surface area contributed by atoms with Crippen LogP contribution in [-0.4, -0.2) is 59.9 Å². The van der Waals surface area contributed by atoms with Gasteiger partial charge in [0.2, 0.25) is 11.8 Å². The minimum atomic E-state index is 0.119. The summed E-state index contributed by atoms with van der Waals surface area (Å²) < 4.78 is 5.21. The van der Waals surface area contributed by atoms with E-state index in [1.165, 1.54) is 0 Å². The predicted molar refractivity (Wildman–Crippen MR) is 99.0 cm³/mol. The van der Waals surface area contributed by atoms with E-state index in [-0.39, 0.29) is 11.8 Å². The fourth-order valence-electron chi connectivity index (χ4n) is 3.20. The number of aromatic amines is 1. The van der Waals surface area contributed by atoms with Crippen LogP contribution in [0.25, 0.3) is 0 Å². The first-order valence-corrected chi connectivity index (χ1v) is 8.96. The second-order valence-electron chi connectivity index (χ2n) is 6.51. The summed E-state index contributed by atoms with van der Waals surface area (Å²) in [4.78, 5) is 31.4. The number of piperazine rings is 1. The molecular formula is C20H25N3O3. The van der Waals surface area contributed by atoms with Gasteiger partial charge in [0.25, 0.3) is 0 Å². The molecule has 0 bridgehead atoms. The molecule has 0 radical (unpaired) electrons. The van der Waals surface area contributed by atoms with Gasteiger partial charge in [-0.05, 0) is 35.7 Å². The van der Waals surface area contributed by atoms with Gasteiger partial charge in [-0.25, -0.2) is 0 Å². The number of hydrogen-bond donors (Lipinski definition) is 1. The van der Waals surface area contributed by atoms with Crippen molar-refractivity contribution < 1.29 is 14.3 Å². The first kappa shape index (κ1) is 18.0. The molecule has 1 N–H and O–H groups in total. The number of nitrogens with one attached hydrogen (secondary N) is 1. The van der Waals surface area contributed by atoms with E-state index in [9.17, 15) is 9.59 Å². The normalized spacial score (nSPS) is 14.3. The molecule has 138 valence electrons. The maximum atomic E-state index is 12.4. The van der Waals surface area contributed by atoms with Crippen LogP contribution in [0.5, 0.6) is 5.75 Å². The van der Waals surface area contributed by atoms with Crippen LogP contribution >= 0.6 is 0 Å². The summed E-state index contributed by atoms with van der Waals surface area (Å²) in [5.74, 6) is 1.07. The number of rotatable bonds is 6. The van der Waals surface area contributed by atoms with Crippen LogP contribution in [0.2, 0.25) is 0 Å². The van der Waals surface area contributed by atoms with Gasteiger partial charge in [0, 0.05) is 45.0 Å². The predicted octanol–water partition coefficient (Wildman–Crippen LogP) is 1.87. The number of amides is 2. The van der Waals surface area contributed by atoms with Crippen LogP contribution in [0.3, 0.4) is 0 Å². The zero-order valence-corrected chi connectivity index (χ0v) is 15.1. The molecule has 0 spiro atoms. The molecule has 1 aromatic carbocycles. The van der Waals surface area contributed by atoms with E-state index in [0.29, 0.717) is 45.4 Å². The van der Waals surface area contributed by atoms with E-state index in [4.69, 9.17) is 4.74 Å². The third-order valence-corrected chi connectivity index (χ3v) is 4.76. The Morgan fingerprint density at radius 3 is 2.42 bits per heavy atom. The van der Waals surface area contributed by atoms with Crippen molar-refractivity contribution in [3.8, 4) is 5.75 Å². The quantitative estimate of drug-likeness (QED) is 0.860. The molecule has 1 aliphatic heterocycles. The molecule has 6 heteroatoms. The van der Waals surface area contributed by atoms with E-state index in [0.717, 1.165) is 16.9 Å². The highest BCUT2D eigenvalue weighted by Crippen LogP contribution is 2.15. The fourth-order valence-corrected chi connectivity index (χ4v) is 3.20. The van der Waals surface area contributed by atoms with Crippen LogP contribution in [-0.2, 0) is 22.4 Å². The van der Waals surface area contributed by atoms with Gasteiger partial charge in [-0.1, -0.05) is 12.1 Å². The van der Waals surface area contributed by atoms with Crippen LogP contribution in [0.1, 0.15) is 17.5 Å². The van der Waals surface area contributed by atoms with Crippen LogP contribution < -0.4 is 4.74 Å². The van der Waals surface area contributed by atoms with E-state index in [2.05, 4.69) is 4.98 Å². The van der Waals surface area contributed by atoms with Gasteiger partial charge in [-0.3, -0.25) is 9.59 Å². The molecule has 0 atom stereocenters. The number of aryl methyl sites for hydroxylation is 1. The lowest BCUT2D eigenvalue weighted by Gasteiger charge is -2.35. The summed E-state index contributed by atoms with van der Waals surface area (Å²) in [6.45, 7) is 2.42. The van der Waals surface area contributed by atoms with E-state index in [1.54, 1.807) is 7.11 Å². The van der Waals surface area contributed by atoms with Crippen molar-refractivity contribution in [1.82, 2.24) is 14.8 Å². The van der Waals surface area contributed by atoms with Crippen molar-refractivity contribution in [3.63, 3.8) is 0 Å². The summed E-state index contributed by atoms with van der Waals surface area (Å²) in [6, 6.07) is 9.72. The summed E-state index contributed by atoms with van der Waals surface area (Å²) >= 11 is 0. The molecule has 3 rings (SSSR count). The number of benzene rings is 1. The van der Waals surface area contributed by atoms with E-state index in [1.807, 2.05) is 52.5 Å². The number of hydrogen-bond acceptors (Lipinski definition) is 3. The number of H-pyrrole nitrogens is 1. The monoisotopic (exact) mass is 355 g/mol. The van der Waals surface area contributed by atoms with Gasteiger partial charge in [0.15, 0.2) is 0 Å². The number of ether oxygens (including phenoxy) is 1. The Hall–Kier alpha value is -2.76. The van der Waals surface area contributed by atoms with Crippen LogP contribution in [0.15, 0.2) is 42.7 Å². The average Bonchev–Trinajstić information content (AvgIpc) is 3.19. The summed E-state index contributed by atoms with van der Waals surface area (Å²) in [5, 5.41) is 0. The molecule has 1 aliphatic rings. The number of carbonyl (C=O) groups is 2. The largest absolute Gasteiger partial charge is 0.497 e. The molecule has 1 saturated heterocycles. The van der Waals surface area contributed by atoms with E-state index < -0.39 is 0 Å². The smallest absolute Gasteiger partial charge is 0.227 e.